The van der Waals surface area contributed by atoms with Gasteiger partial charge in [0.05, 0.1) is 11.3 Å². The van der Waals surface area contributed by atoms with Crippen LogP contribution in [0, 0.1) is 0 Å². The Bertz CT molecular complexity index is 1030. The number of hydrogen-bond acceptors (Lipinski definition) is 5. The van der Waals surface area contributed by atoms with Gasteiger partial charge in [-0.25, -0.2) is 0 Å². The molecule has 3 amide bonds. The zero-order chi connectivity index (χ0) is 21.5. The van der Waals surface area contributed by atoms with Crippen LogP contribution in [0.1, 0.15) is 47.5 Å². The van der Waals surface area contributed by atoms with E-state index in [9.17, 15) is 14.4 Å². The maximum atomic E-state index is 13.3. The number of benzene rings is 1. The average Bonchev–Trinajstić information content (AvgIpc) is 3.12. The zero-order valence-corrected chi connectivity index (χ0v) is 18.1. The molecule has 0 radical (unpaired) electrons. The van der Waals surface area contributed by atoms with Crippen molar-refractivity contribution in [2.45, 2.75) is 45.1 Å². The number of fused-ring (bicyclic) bond motifs is 2. The smallest absolute Gasteiger partial charge is 0.280 e. The molecule has 30 heavy (non-hydrogen) atoms. The summed E-state index contributed by atoms with van der Waals surface area (Å²) in [6.07, 6.45) is 3.79. The highest BCUT2D eigenvalue weighted by molar-refractivity contribution is 7.17. The molecule has 0 saturated heterocycles. The van der Waals surface area contributed by atoms with Crippen molar-refractivity contribution in [3.63, 3.8) is 0 Å². The number of rotatable bonds is 4. The molecule has 2 N–H and O–H groups in total. The van der Waals surface area contributed by atoms with Gasteiger partial charge < -0.3 is 20.3 Å². The summed E-state index contributed by atoms with van der Waals surface area (Å²) in [6, 6.07) is 7.17. The quantitative estimate of drug-likeness (QED) is 0.734. The van der Waals surface area contributed by atoms with E-state index in [1.165, 1.54) is 18.3 Å². The minimum Gasteiger partial charge on any atom is -0.465 e. The molecule has 4 rings (SSSR count). The Balaban J connectivity index is 1.70. The molecule has 0 spiro atoms. The maximum absolute atomic E-state index is 13.3. The maximum Gasteiger partial charge on any atom is 0.280 e. The van der Waals surface area contributed by atoms with E-state index in [0.717, 1.165) is 36.1 Å². The third-order valence-electron chi connectivity index (χ3n) is 5.73. The Morgan fingerprint density at radius 3 is 2.70 bits per heavy atom. The highest BCUT2D eigenvalue weighted by Crippen LogP contribution is 2.41. The monoisotopic (exact) mass is 427 g/mol. The summed E-state index contributed by atoms with van der Waals surface area (Å²) in [7, 11) is 1.58. The standard InChI is InChI=1S/C22H25N3O4S/c1-4-25-14-10-6-7-11-15(14)29-22(2,21(25)28)20(27)24-19-17(18(26)23-3)13-9-5-8-12-16(13)30-19/h6-7,10-11H,4-5,8-9,12H2,1-3H3,(H,23,26)(H,24,27). The van der Waals surface area contributed by atoms with Gasteiger partial charge in [0.2, 0.25) is 0 Å². The zero-order valence-electron chi connectivity index (χ0n) is 17.3. The summed E-state index contributed by atoms with van der Waals surface area (Å²) in [5.41, 5.74) is 0.426. The van der Waals surface area contributed by atoms with Crippen LogP contribution in [0.4, 0.5) is 10.7 Å². The topological polar surface area (TPSA) is 87.7 Å². The van der Waals surface area contributed by atoms with Crippen molar-refractivity contribution in [2.24, 2.45) is 0 Å². The van der Waals surface area contributed by atoms with Crippen LogP contribution in [0.2, 0.25) is 0 Å². The lowest BCUT2D eigenvalue weighted by Gasteiger charge is -2.39. The van der Waals surface area contributed by atoms with E-state index in [2.05, 4.69) is 10.6 Å². The normalized spacial score (nSPS) is 20.1. The molecule has 7 nitrogen and oxygen atoms in total. The molecule has 0 fully saturated rings. The molecule has 2 aliphatic rings. The molecule has 1 atom stereocenters. The summed E-state index contributed by atoms with van der Waals surface area (Å²) in [6.45, 7) is 3.75. The summed E-state index contributed by atoms with van der Waals surface area (Å²) in [4.78, 5) is 41.8. The van der Waals surface area contributed by atoms with Crippen LogP contribution in [-0.2, 0) is 22.4 Å². The summed E-state index contributed by atoms with van der Waals surface area (Å²) in [5.74, 6) is -0.756. The fourth-order valence-corrected chi connectivity index (χ4v) is 5.38. The highest BCUT2D eigenvalue weighted by atomic mass is 32.1. The van der Waals surface area contributed by atoms with Gasteiger partial charge >= 0.3 is 0 Å². The van der Waals surface area contributed by atoms with E-state index in [4.69, 9.17) is 4.74 Å². The van der Waals surface area contributed by atoms with Gasteiger partial charge in [-0.1, -0.05) is 12.1 Å². The Labute approximate surface area is 179 Å². The lowest BCUT2D eigenvalue weighted by molar-refractivity contribution is -0.145. The molecule has 1 aromatic heterocycles. The second kappa shape index (κ2) is 7.75. The number of anilines is 2. The SMILES string of the molecule is CCN1C(=O)C(C)(C(=O)Nc2sc3c(c2C(=O)NC)CCCC3)Oc2ccccc21. The predicted molar refractivity (Wildman–Crippen MR) is 116 cm³/mol. The number of carbonyl (C=O) groups is 3. The number of carbonyl (C=O) groups excluding carboxylic acids is 3. The molecule has 0 bridgehead atoms. The van der Waals surface area contributed by atoms with E-state index in [-0.39, 0.29) is 5.91 Å². The second-order valence-electron chi connectivity index (χ2n) is 7.60. The first-order chi connectivity index (χ1) is 14.4. The fraction of sp³-hybridized carbons (Fsp3) is 0.409. The molecule has 0 saturated carbocycles. The van der Waals surface area contributed by atoms with Gasteiger partial charge in [0.15, 0.2) is 0 Å². The minimum atomic E-state index is -1.73. The number of ether oxygens (including phenoxy) is 1. The largest absolute Gasteiger partial charge is 0.465 e. The average molecular weight is 428 g/mol. The predicted octanol–water partition coefficient (Wildman–Crippen LogP) is 3.13. The number of amides is 3. The van der Waals surface area contributed by atoms with E-state index in [0.29, 0.717) is 28.5 Å². The first-order valence-corrected chi connectivity index (χ1v) is 11.0. The highest BCUT2D eigenvalue weighted by Gasteiger charge is 2.50. The van der Waals surface area contributed by atoms with Gasteiger partial charge in [-0.05, 0) is 57.2 Å². The van der Waals surface area contributed by atoms with Crippen LogP contribution in [-0.4, -0.2) is 36.9 Å². The molecule has 2 heterocycles. The number of nitrogens with zero attached hydrogens (tertiary/aromatic N) is 1. The first kappa shape index (κ1) is 20.4. The number of likely N-dealkylation sites (N-methyl/N-ethyl adjacent to an activating group) is 1. The van der Waals surface area contributed by atoms with Gasteiger partial charge in [-0.3, -0.25) is 14.4 Å². The lowest BCUT2D eigenvalue weighted by Crippen LogP contribution is -2.60. The lowest BCUT2D eigenvalue weighted by atomic mass is 9.95. The van der Waals surface area contributed by atoms with Crippen LogP contribution in [0.25, 0.3) is 0 Å². The Kier molecular flexibility index (Phi) is 5.27. The first-order valence-electron chi connectivity index (χ1n) is 10.2. The second-order valence-corrected chi connectivity index (χ2v) is 8.71. The van der Waals surface area contributed by atoms with Gasteiger partial charge in [0.25, 0.3) is 23.3 Å². The number of aryl methyl sites for hydroxylation is 1. The molecule has 158 valence electrons. The molecule has 1 aromatic carbocycles. The molecule has 1 aliphatic heterocycles. The van der Waals surface area contributed by atoms with Gasteiger partial charge in [0.1, 0.15) is 10.8 Å². The van der Waals surface area contributed by atoms with Crippen LogP contribution in [0.3, 0.4) is 0 Å². The van der Waals surface area contributed by atoms with Crippen molar-refractivity contribution < 1.29 is 19.1 Å². The number of hydrogen-bond donors (Lipinski definition) is 2. The van der Waals surface area contributed by atoms with E-state index < -0.39 is 17.4 Å². The molecule has 1 unspecified atom stereocenters. The number of nitrogens with one attached hydrogen (secondary N) is 2. The third kappa shape index (κ3) is 3.15. The van der Waals surface area contributed by atoms with Crippen LogP contribution < -0.4 is 20.3 Å². The van der Waals surface area contributed by atoms with Crippen LogP contribution >= 0.6 is 11.3 Å². The molecule has 8 heteroatoms. The molecular formula is C22H25N3O4S. The van der Waals surface area contributed by atoms with Crippen molar-refractivity contribution in [2.75, 3.05) is 23.8 Å². The van der Waals surface area contributed by atoms with Gasteiger partial charge in [-0.15, -0.1) is 11.3 Å². The third-order valence-corrected chi connectivity index (χ3v) is 6.93. The summed E-state index contributed by atoms with van der Waals surface area (Å²) < 4.78 is 5.93. The van der Waals surface area contributed by atoms with Crippen molar-refractivity contribution >= 4 is 39.7 Å². The van der Waals surface area contributed by atoms with E-state index >= 15 is 0 Å². The van der Waals surface area contributed by atoms with Crippen molar-refractivity contribution in [1.82, 2.24) is 5.32 Å². The van der Waals surface area contributed by atoms with Gasteiger partial charge in [0, 0.05) is 18.5 Å². The Morgan fingerprint density at radius 1 is 1.23 bits per heavy atom. The van der Waals surface area contributed by atoms with E-state index in [1.54, 1.807) is 30.1 Å². The van der Waals surface area contributed by atoms with Crippen molar-refractivity contribution in [3.8, 4) is 5.75 Å². The van der Waals surface area contributed by atoms with Crippen LogP contribution in [0.15, 0.2) is 24.3 Å². The minimum absolute atomic E-state index is 0.230. The summed E-state index contributed by atoms with van der Waals surface area (Å²) >= 11 is 1.42. The Hall–Kier alpha value is -2.87. The number of para-hydroxylation sites is 2. The van der Waals surface area contributed by atoms with Gasteiger partial charge in [-0.2, -0.15) is 0 Å². The molecule has 1 aliphatic carbocycles. The van der Waals surface area contributed by atoms with Crippen molar-refractivity contribution in [1.29, 1.82) is 0 Å². The fourth-order valence-electron chi connectivity index (χ4n) is 4.10. The summed E-state index contributed by atoms with van der Waals surface area (Å²) in [5, 5.41) is 5.99. The molecular weight excluding hydrogens is 402 g/mol. The molecule has 2 aromatic rings. The van der Waals surface area contributed by atoms with Crippen molar-refractivity contribution in [3.05, 3.63) is 40.3 Å². The number of thiophene rings is 1. The van der Waals surface area contributed by atoms with Crippen LogP contribution in [0.5, 0.6) is 5.75 Å². The van der Waals surface area contributed by atoms with E-state index in [1.807, 2.05) is 13.0 Å². The Morgan fingerprint density at radius 2 is 1.97 bits per heavy atom.